The van der Waals surface area contributed by atoms with Crippen molar-refractivity contribution in [3.05, 3.63) is 89.0 Å². The maximum absolute atomic E-state index is 14.0. The molecule has 2 aliphatic heterocycles. The number of carbonyl (C=O) groups excluding carboxylic acids is 4. The molecule has 0 saturated carbocycles. The number of anilines is 1. The number of ketones is 2. The van der Waals surface area contributed by atoms with Crippen LogP contribution in [0.3, 0.4) is 0 Å². The Morgan fingerprint density at radius 2 is 1.41 bits per heavy atom. The van der Waals surface area contributed by atoms with Crippen LogP contribution in [0.25, 0.3) is 0 Å². The van der Waals surface area contributed by atoms with Crippen molar-refractivity contribution >= 4 is 29.1 Å². The van der Waals surface area contributed by atoms with Crippen LogP contribution in [0.15, 0.2) is 66.7 Å². The molecule has 0 radical (unpaired) electrons. The monoisotopic (exact) mass is 497 g/mol. The molecule has 6 rings (SSSR count). The quantitative estimate of drug-likeness (QED) is 0.400. The predicted molar refractivity (Wildman–Crippen MR) is 132 cm³/mol. The molecule has 3 aromatic rings. The van der Waals surface area contributed by atoms with Gasteiger partial charge in [-0.15, -0.1) is 0 Å². The van der Waals surface area contributed by atoms with Gasteiger partial charge in [0.2, 0.25) is 29.0 Å². The van der Waals surface area contributed by atoms with Gasteiger partial charge >= 0.3 is 0 Å². The SMILES string of the molecule is COc1ccc(N2C(=O)[C@H]3[C@@H](c4ccc(C)cc4)OC4(C(=O)c5ccccc5C4=O)[C@@H]3C2=O)cc1OC. The van der Waals surface area contributed by atoms with Crippen molar-refractivity contribution in [1.82, 2.24) is 0 Å². The number of ether oxygens (including phenoxy) is 3. The first-order valence-corrected chi connectivity index (χ1v) is 11.9. The summed E-state index contributed by atoms with van der Waals surface area (Å²) in [4.78, 5) is 56.7. The molecule has 8 heteroatoms. The average molecular weight is 498 g/mol. The summed E-state index contributed by atoms with van der Waals surface area (Å²) in [6.07, 6.45) is -0.964. The molecule has 2 amide bonds. The number of amides is 2. The van der Waals surface area contributed by atoms with Gasteiger partial charge in [-0.3, -0.25) is 19.2 Å². The van der Waals surface area contributed by atoms with E-state index >= 15 is 0 Å². The normalized spacial score (nSPS) is 23.5. The Morgan fingerprint density at radius 3 is 2.00 bits per heavy atom. The third kappa shape index (κ3) is 2.99. The van der Waals surface area contributed by atoms with Crippen molar-refractivity contribution in [2.75, 3.05) is 19.1 Å². The summed E-state index contributed by atoms with van der Waals surface area (Å²) in [6, 6.07) is 18.4. The van der Waals surface area contributed by atoms with Gasteiger partial charge in [-0.05, 0) is 24.6 Å². The van der Waals surface area contributed by atoms with E-state index in [0.29, 0.717) is 17.1 Å². The van der Waals surface area contributed by atoms with Crippen LogP contribution in [0.2, 0.25) is 0 Å². The van der Waals surface area contributed by atoms with Crippen molar-refractivity contribution in [3.63, 3.8) is 0 Å². The molecule has 0 N–H and O–H groups in total. The van der Waals surface area contributed by atoms with Crippen LogP contribution in [0.5, 0.6) is 11.5 Å². The summed E-state index contributed by atoms with van der Waals surface area (Å²) in [5.74, 6) is -4.00. The summed E-state index contributed by atoms with van der Waals surface area (Å²) in [6.45, 7) is 1.92. The number of nitrogens with zero attached hydrogens (tertiary/aromatic N) is 1. The highest BCUT2D eigenvalue weighted by Crippen LogP contribution is 2.57. The first-order chi connectivity index (χ1) is 17.8. The summed E-state index contributed by atoms with van der Waals surface area (Å²) >= 11 is 0. The largest absolute Gasteiger partial charge is 0.493 e. The summed E-state index contributed by atoms with van der Waals surface area (Å²) in [5.41, 5.74) is 0.150. The highest BCUT2D eigenvalue weighted by atomic mass is 16.5. The van der Waals surface area contributed by atoms with Crippen LogP contribution in [0.4, 0.5) is 5.69 Å². The van der Waals surface area contributed by atoms with Gasteiger partial charge in [0.1, 0.15) is 0 Å². The minimum atomic E-state index is -2.11. The van der Waals surface area contributed by atoms with Gasteiger partial charge in [0.25, 0.3) is 0 Å². The van der Waals surface area contributed by atoms with Crippen LogP contribution in [0, 0.1) is 18.8 Å². The minimum absolute atomic E-state index is 0.195. The van der Waals surface area contributed by atoms with Crippen molar-refractivity contribution in [3.8, 4) is 11.5 Å². The van der Waals surface area contributed by atoms with Crippen molar-refractivity contribution in [2.45, 2.75) is 18.6 Å². The third-order valence-corrected chi connectivity index (χ3v) is 7.55. The third-order valence-electron chi connectivity index (χ3n) is 7.55. The molecule has 8 nitrogen and oxygen atoms in total. The second-order valence-electron chi connectivity index (χ2n) is 9.44. The fourth-order valence-corrected chi connectivity index (χ4v) is 5.79. The Labute approximate surface area is 212 Å². The summed E-state index contributed by atoms with van der Waals surface area (Å²) in [5, 5.41) is 0. The molecule has 3 aliphatic rings. The van der Waals surface area contributed by atoms with Crippen molar-refractivity contribution < 1.29 is 33.4 Å². The topological polar surface area (TPSA) is 99.2 Å². The van der Waals surface area contributed by atoms with Gasteiger partial charge in [-0.2, -0.15) is 0 Å². The second kappa shape index (κ2) is 8.11. The molecule has 3 aromatic carbocycles. The van der Waals surface area contributed by atoms with Gasteiger partial charge in [0.05, 0.1) is 37.8 Å². The van der Waals surface area contributed by atoms with Crippen LogP contribution in [-0.2, 0) is 14.3 Å². The van der Waals surface area contributed by atoms with Gasteiger partial charge in [-0.1, -0.05) is 54.1 Å². The Kier molecular flexibility index (Phi) is 5.07. The molecule has 0 bridgehead atoms. The minimum Gasteiger partial charge on any atom is -0.493 e. The van der Waals surface area contributed by atoms with Gasteiger partial charge < -0.3 is 14.2 Å². The number of benzene rings is 3. The van der Waals surface area contributed by atoms with Crippen molar-refractivity contribution in [1.29, 1.82) is 0 Å². The zero-order chi connectivity index (χ0) is 26.1. The molecular formula is C29H23NO7. The van der Waals surface area contributed by atoms with Crippen LogP contribution in [-0.4, -0.2) is 43.2 Å². The second-order valence-corrected chi connectivity index (χ2v) is 9.44. The molecule has 2 saturated heterocycles. The standard InChI is InChI=1S/C29H23NO7/c1-15-8-10-16(11-9-15)24-22-23(29(37-24)25(31)18-6-4-5-7-19(18)26(29)32)28(34)30(27(22)33)17-12-13-20(35-2)21(14-17)36-3/h4-14,22-24H,1-3H3/t22-,23+,24-/m1/s1. The number of methoxy groups -OCH3 is 2. The lowest BCUT2D eigenvalue weighted by Crippen LogP contribution is -2.51. The maximum Gasteiger partial charge on any atom is 0.241 e. The molecule has 0 aromatic heterocycles. The Morgan fingerprint density at radius 1 is 0.784 bits per heavy atom. The van der Waals surface area contributed by atoms with Crippen LogP contribution in [0.1, 0.15) is 37.9 Å². The lowest BCUT2D eigenvalue weighted by Gasteiger charge is -2.27. The lowest BCUT2D eigenvalue weighted by molar-refractivity contribution is -0.127. The number of hydrogen-bond acceptors (Lipinski definition) is 7. The number of fused-ring (bicyclic) bond motifs is 3. The maximum atomic E-state index is 14.0. The van der Waals surface area contributed by atoms with E-state index in [0.717, 1.165) is 10.5 Å². The first kappa shape index (κ1) is 23.1. The number of imide groups is 1. The van der Waals surface area contributed by atoms with Crippen LogP contribution >= 0.6 is 0 Å². The highest BCUT2D eigenvalue weighted by molar-refractivity contribution is 6.37. The average Bonchev–Trinajstić information content (AvgIpc) is 3.48. The first-order valence-electron chi connectivity index (χ1n) is 11.9. The molecule has 1 spiro atoms. The summed E-state index contributed by atoms with van der Waals surface area (Å²) in [7, 11) is 2.93. The smallest absolute Gasteiger partial charge is 0.241 e. The van der Waals surface area contributed by atoms with E-state index < -0.39 is 46.9 Å². The zero-order valence-corrected chi connectivity index (χ0v) is 20.4. The van der Waals surface area contributed by atoms with Gasteiger partial charge in [0, 0.05) is 17.2 Å². The Balaban J connectivity index is 1.52. The zero-order valence-electron chi connectivity index (χ0n) is 20.4. The fourth-order valence-electron chi connectivity index (χ4n) is 5.79. The highest BCUT2D eigenvalue weighted by Gasteiger charge is 2.74. The predicted octanol–water partition coefficient (Wildman–Crippen LogP) is 3.71. The van der Waals surface area contributed by atoms with Crippen molar-refractivity contribution in [2.24, 2.45) is 11.8 Å². The Bertz CT molecular complexity index is 1460. The summed E-state index contributed by atoms with van der Waals surface area (Å²) < 4.78 is 17.0. The molecule has 2 heterocycles. The molecule has 37 heavy (non-hydrogen) atoms. The lowest BCUT2D eigenvalue weighted by atomic mass is 9.77. The molecular weight excluding hydrogens is 474 g/mol. The van der Waals surface area contributed by atoms with E-state index in [1.165, 1.54) is 20.3 Å². The number of carbonyl (C=O) groups is 4. The van der Waals surface area contributed by atoms with E-state index in [4.69, 9.17) is 14.2 Å². The molecule has 3 atom stereocenters. The molecule has 0 unspecified atom stereocenters. The van der Waals surface area contributed by atoms with E-state index in [1.54, 1.807) is 48.5 Å². The van der Waals surface area contributed by atoms with E-state index in [2.05, 4.69) is 0 Å². The number of Topliss-reactive ketones (excluding diaryl/α,β-unsaturated/α-hetero) is 2. The molecule has 186 valence electrons. The van der Waals surface area contributed by atoms with Crippen LogP contribution < -0.4 is 14.4 Å². The van der Waals surface area contributed by atoms with E-state index in [9.17, 15) is 19.2 Å². The van der Waals surface area contributed by atoms with Gasteiger partial charge in [0.15, 0.2) is 11.5 Å². The Hall–Kier alpha value is -4.30. The molecule has 1 aliphatic carbocycles. The van der Waals surface area contributed by atoms with Gasteiger partial charge in [-0.25, -0.2) is 4.90 Å². The number of rotatable bonds is 4. The van der Waals surface area contributed by atoms with E-state index in [1.807, 2.05) is 19.1 Å². The fraction of sp³-hybridized carbons (Fsp3) is 0.241. The number of aryl methyl sites for hydroxylation is 1. The molecule has 2 fully saturated rings. The van der Waals surface area contributed by atoms with E-state index in [-0.39, 0.29) is 16.8 Å². The number of hydrogen-bond donors (Lipinski definition) is 0.